The molecule has 0 heterocycles. The van der Waals surface area contributed by atoms with Gasteiger partial charge in [-0.2, -0.15) is 5.26 Å². The number of nitriles is 1. The molecule has 2 aromatic carbocycles. The van der Waals surface area contributed by atoms with Gasteiger partial charge < -0.3 is 10.5 Å². The van der Waals surface area contributed by atoms with Crippen LogP contribution in [0, 0.1) is 11.3 Å². The molecule has 0 saturated carbocycles. The summed E-state index contributed by atoms with van der Waals surface area (Å²) in [6.45, 7) is 0. The summed E-state index contributed by atoms with van der Waals surface area (Å²) in [7, 11) is 0. The van der Waals surface area contributed by atoms with Gasteiger partial charge in [0.15, 0.2) is 0 Å². The molecule has 2 N–H and O–H groups in total. The van der Waals surface area contributed by atoms with Crippen LogP contribution < -0.4 is 10.5 Å². The SMILES string of the molecule is N#Cc1ccc(Oc2cc(N)ccc2Br)cc1Br. The molecule has 90 valence electrons. The highest BCUT2D eigenvalue weighted by Crippen LogP contribution is 2.33. The third kappa shape index (κ3) is 2.84. The average Bonchev–Trinajstić information content (AvgIpc) is 2.34. The lowest BCUT2D eigenvalue weighted by Crippen LogP contribution is -1.90. The first-order chi connectivity index (χ1) is 8.60. The number of nitrogens with zero attached hydrogens (tertiary/aromatic N) is 1. The molecule has 18 heavy (non-hydrogen) atoms. The maximum Gasteiger partial charge on any atom is 0.143 e. The van der Waals surface area contributed by atoms with Crippen LogP contribution in [-0.4, -0.2) is 0 Å². The highest BCUT2D eigenvalue weighted by molar-refractivity contribution is 9.10. The van der Waals surface area contributed by atoms with Gasteiger partial charge in [-0.3, -0.25) is 0 Å². The number of hydrogen-bond acceptors (Lipinski definition) is 3. The minimum absolute atomic E-state index is 0.564. The van der Waals surface area contributed by atoms with Gasteiger partial charge in [-0.15, -0.1) is 0 Å². The fourth-order valence-corrected chi connectivity index (χ4v) is 2.15. The first kappa shape index (κ1) is 12.9. The smallest absolute Gasteiger partial charge is 0.143 e. The van der Waals surface area contributed by atoms with Crippen LogP contribution in [0.3, 0.4) is 0 Å². The zero-order chi connectivity index (χ0) is 13.1. The van der Waals surface area contributed by atoms with Crippen molar-refractivity contribution in [3.63, 3.8) is 0 Å². The van der Waals surface area contributed by atoms with Crippen molar-refractivity contribution in [2.45, 2.75) is 0 Å². The molecule has 0 saturated heterocycles. The molecule has 0 aliphatic rings. The molecular formula is C13H8Br2N2O. The van der Waals surface area contributed by atoms with Crippen LogP contribution in [0.4, 0.5) is 5.69 Å². The molecule has 2 rings (SSSR count). The molecule has 0 spiro atoms. The third-order valence-corrected chi connectivity index (χ3v) is 3.56. The first-order valence-corrected chi connectivity index (χ1v) is 6.61. The molecule has 5 heteroatoms. The zero-order valence-electron chi connectivity index (χ0n) is 9.15. The van der Waals surface area contributed by atoms with E-state index in [1.165, 1.54) is 0 Å². The van der Waals surface area contributed by atoms with Crippen LogP contribution in [-0.2, 0) is 0 Å². The molecule has 3 nitrogen and oxygen atoms in total. The van der Waals surface area contributed by atoms with Crippen molar-refractivity contribution >= 4 is 37.5 Å². The van der Waals surface area contributed by atoms with Crippen molar-refractivity contribution in [1.29, 1.82) is 5.26 Å². The molecule has 0 unspecified atom stereocenters. The second kappa shape index (κ2) is 5.42. The van der Waals surface area contributed by atoms with Crippen molar-refractivity contribution in [3.05, 3.63) is 50.9 Å². The maximum absolute atomic E-state index is 8.83. The van der Waals surface area contributed by atoms with E-state index in [9.17, 15) is 0 Å². The molecule has 0 radical (unpaired) electrons. The van der Waals surface area contributed by atoms with Crippen molar-refractivity contribution < 1.29 is 4.74 Å². The molecule has 0 atom stereocenters. The number of hydrogen-bond donors (Lipinski definition) is 1. The molecule has 2 aromatic rings. The molecule has 0 aliphatic heterocycles. The normalized spacial score (nSPS) is 9.83. The number of benzene rings is 2. The lowest BCUT2D eigenvalue weighted by molar-refractivity contribution is 0.479. The second-order valence-electron chi connectivity index (χ2n) is 3.55. The van der Waals surface area contributed by atoms with Gasteiger partial charge in [-0.25, -0.2) is 0 Å². The Morgan fingerprint density at radius 2 is 1.83 bits per heavy atom. The topological polar surface area (TPSA) is 59.0 Å². The van der Waals surface area contributed by atoms with E-state index in [2.05, 4.69) is 37.9 Å². The summed E-state index contributed by atoms with van der Waals surface area (Å²) < 4.78 is 7.22. The average molecular weight is 368 g/mol. The Hall–Kier alpha value is -1.51. The van der Waals surface area contributed by atoms with Gasteiger partial charge in [-0.05, 0) is 62.2 Å². The van der Waals surface area contributed by atoms with Crippen LogP contribution in [0.15, 0.2) is 45.3 Å². The fraction of sp³-hybridized carbons (Fsp3) is 0. The van der Waals surface area contributed by atoms with E-state index in [1.807, 2.05) is 6.07 Å². The minimum Gasteiger partial charge on any atom is -0.456 e. The number of ether oxygens (including phenoxy) is 1. The Bertz CT molecular complexity index is 635. The first-order valence-electron chi connectivity index (χ1n) is 5.02. The summed E-state index contributed by atoms with van der Waals surface area (Å²) in [5.74, 6) is 1.26. The Kier molecular flexibility index (Phi) is 3.90. The summed E-state index contributed by atoms with van der Waals surface area (Å²) in [5, 5.41) is 8.83. The highest BCUT2D eigenvalue weighted by atomic mass is 79.9. The van der Waals surface area contributed by atoms with Crippen molar-refractivity contribution in [3.8, 4) is 17.6 Å². The van der Waals surface area contributed by atoms with E-state index in [0.29, 0.717) is 27.2 Å². The fourth-order valence-electron chi connectivity index (χ4n) is 1.38. The van der Waals surface area contributed by atoms with E-state index in [1.54, 1.807) is 30.3 Å². The lowest BCUT2D eigenvalue weighted by atomic mass is 10.2. The minimum atomic E-state index is 0.564. The number of anilines is 1. The predicted molar refractivity (Wildman–Crippen MR) is 77.5 cm³/mol. The number of nitrogen functional groups attached to an aromatic ring is 1. The Balaban J connectivity index is 2.32. The van der Waals surface area contributed by atoms with E-state index < -0.39 is 0 Å². The quantitative estimate of drug-likeness (QED) is 0.797. The van der Waals surface area contributed by atoms with Crippen molar-refractivity contribution in [2.75, 3.05) is 5.73 Å². The van der Waals surface area contributed by atoms with Gasteiger partial charge in [0.25, 0.3) is 0 Å². The largest absolute Gasteiger partial charge is 0.456 e. The zero-order valence-corrected chi connectivity index (χ0v) is 12.3. The number of nitrogens with two attached hydrogens (primary N) is 1. The van der Waals surface area contributed by atoms with Gasteiger partial charge in [0.1, 0.15) is 17.6 Å². The summed E-state index contributed by atoms with van der Waals surface area (Å²) in [6.07, 6.45) is 0. The van der Waals surface area contributed by atoms with E-state index in [4.69, 9.17) is 15.7 Å². The van der Waals surface area contributed by atoms with Crippen LogP contribution in [0.5, 0.6) is 11.5 Å². The standard InChI is InChI=1S/C13H8Br2N2O/c14-11-4-2-9(17)5-13(11)18-10-3-1-8(7-16)12(15)6-10/h1-6H,17H2. The third-order valence-electron chi connectivity index (χ3n) is 2.24. The van der Waals surface area contributed by atoms with Crippen molar-refractivity contribution in [2.24, 2.45) is 0 Å². The summed E-state index contributed by atoms with van der Waals surface area (Å²) in [4.78, 5) is 0. The molecule has 0 bridgehead atoms. The number of rotatable bonds is 2. The molecule has 0 fully saturated rings. The summed E-state index contributed by atoms with van der Waals surface area (Å²) in [5.41, 5.74) is 6.89. The molecule has 0 amide bonds. The van der Waals surface area contributed by atoms with Gasteiger partial charge in [0.2, 0.25) is 0 Å². The Morgan fingerprint density at radius 3 is 2.50 bits per heavy atom. The molecular weight excluding hydrogens is 360 g/mol. The van der Waals surface area contributed by atoms with E-state index in [-0.39, 0.29) is 0 Å². The molecule has 0 aromatic heterocycles. The van der Waals surface area contributed by atoms with Crippen LogP contribution in [0.25, 0.3) is 0 Å². The molecule has 0 aliphatic carbocycles. The van der Waals surface area contributed by atoms with Gasteiger partial charge >= 0.3 is 0 Å². The highest BCUT2D eigenvalue weighted by Gasteiger charge is 2.06. The maximum atomic E-state index is 8.83. The van der Waals surface area contributed by atoms with E-state index >= 15 is 0 Å². The number of halogens is 2. The van der Waals surface area contributed by atoms with Crippen LogP contribution >= 0.6 is 31.9 Å². The Labute approximate surface area is 121 Å². The van der Waals surface area contributed by atoms with Crippen LogP contribution in [0.2, 0.25) is 0 Å². The van der Waals surface area contributed by atoms with Gasteiger partial charge in [0, 0.05) is 16.2 Å². The summed E-state index contributed by atoms with van der Waals surface area (Å²) in [6, 6.07) is 12.6. The van der Waals surface area contributed by atoms with Crippen LogP contribution in [0.1, 0.15) is 5.56 Å². The monoisotopic (exact) mass is 366 g/mol. The van der Waals surface area contributed by atoms with Gasteiger partial charge in [-0.1, -0.05) is 0 Å². The van der Waals surface area contributed by atoms with E-state index in [0.717, 1.165) is 4.47 Å². The lowest BCUT2D eigenvalue weighted by Gasteiger charge is -2.09. The predicted octanol–water partition coefficient (Wildman–Crippen LogP) is 4.46. The second-order valence-corrected chi connectivity index (χ2v) is 5.25. The summed E-state index contributed by atoms with van der Waals surface area (Å²) >= 11 is 6.70. The Morgan fingerprint density at radius 1 is 1.06 bits per heavy atom. The van der Waals surface area contributed by atoms with Crippen molar-refractivity contribution in [1.82, 2.24) is 0 Å². The van der Waals surface area contributed by atoms with Gasteiger partial charge in [0.05, 0.1) is 10.0 Å².